The third kappa shape index (κ3) is 2.16. The highest BCUT2D eigenvalue weighted by Gasteiger charge is 2.30. The standard InChI is InChI=1S/C14H17FN4O/c1-14(3-2-4-14)18-6-9-5-10(12(16)20)13-17-7-11(15)19(13)8-9/h5,7-8,18H,2-4,6H2,1H3,(H2,16,20). The van der Waals surface area contributed by atoms with Gasteiger partial charge in [-0.2, -0.15) is 4.39 Å². The van der Waals surface area contributed by atoms with Crippen molar-refractivity contribution in [3.05, 3.63) is 35.5 Å². The fraction of sp³-hybridized carbons (Fsp3) is 0.429. The number of nitrogens with one attached hydrogen (secondary N) is 1. The number of pyridine rings is 1. The number of hydrogen-bond acceptors (Lipinski definition) is 3. The van der Waals surface area contributed by atoms with Gasteiger partial charge in [0.25, 0.3) is 5.91 Å². The second-order valence-electron chi connectivity index (χ2n) is 5.67. The van der Waals surface area contributed by atoms with Crippen LogP contribution in [0.1, 0.15) is 42.1 Å². The first kappa shape index (κ1) is 13.1. The minimum Gasteiger partial charge on any atom is -0.365 e. The van der Waals surface area contributed by atoms with Crippen LogP contribution in [-0.4, -0.2) is 20.8 Å². The van der Waals surface area contributed by atoms with Gasteiger partial charge in [-0.3, -0.25) is 9.20 Å². The molecule has 20 heavy (non-hydrogen) atoms. The highest BCUT2D eigenvalue weighted by atomic mass is 19.1. The number of imidazole rings is 1. The molecule has 2 heterocycles. The van der Waals surface area contributed by atoms with Gasteiger partial charge in [-0.25, -0.2) is 4.98 Å². The normalized spacial score (nSPS) is 17.1. The molecule has 0 aromatic carbocycles. The summed E-state index contributed by atoms with van der Waals surface area (Å²) in [6, 6.07) is 1.68. The van der Waals surface area contributed by atoms with Crippen LogP contribution in [0.25, 0.3) is 5.65 Å². The number of halogens is 1. The van der Waals surface area contributed by atoms with Crippen LogP contribution < -0.4 is 11.1 Å². The molecule has 0 radical (unpaired) electrons. The van der Waals surface area contributed by atoms with Gasteiger partial charge in [0.15, 0.2) is 5.65 Å². The monoisotopic (exact) mass is 276 g/mol. The zero-order valence-electron chi connectivity index (χ0n) is 11.3. The molecule has 2 aromatic rings. The molecule has 0 unspecified atom stereocenters. The van der Waals surface area contributed by atoms with Crippen LogP contribution in [0.5, 0.6) is 0 Å². The van der Waals surface area contributed by atoms with Crippen molar-refractivity contribution in [2.24, 2.45) is 5.73 Å². The van der Waals surface area contributed by atoms with Crippen molar-refractivity contribution in [2.45, 2.75) is 38.3 Å². The average Bonchev–Trinajstić information content (AvgIpc) is 2.75. The molecule has 5 nitrogen and oxygen atoms in total. The first-order valence-electron chi connectivity index (χ1n) is 6.69. The van der Waals surface area contributed by atoms with E-state index in [9.17, 15) is 9.18 Å². The number of carbonyl (C=O) groups is 1. The van der Waals surface area contributed by atoms with E-state index in [1.54, 1.807) is 12.3 Å². The molecule has 3 rings (SSSR count). The van der Waals surface area contributed by atoms with E-state index >= 15 is 0 Å². The fourth-order valence-corrected chi connectivity index (χ4v) is 2.59. The number of rotatable bonds is 4. The van der Waals surface area contributed by atoms with Gasteiger partial charge in [-0.15, -0.1) is 0 Å². The van der Waals surface area contributed by atoms with E-state index in [2.05, 4.69) is 17.2 Å². The van der Waals surface area contributed by atoms with Crippen molar-refractivity contribution in [3.63, 3.8) is 0 Å². The van der Waals surface area contributed by atoms with Crippen molar-refractivity contribution in [2.75, 3.05) is 0 Å². The van der Waals surface area contributed by atoms with Crippen molar-refractivity contribution >= 4 is 11.6 Å². The molecule has 1 fully saturated rings. The summed E-state index contributed by atoms with van der Waals surface area (Å²) in [7, 11) is 0. The summed E-state index contributed by atoms with van der Waals surface area (Å²) in [5.74, 6) is -1.10. The van der Waals surface area contributed by atoms with Crippen LogP contribution in [-0.2, 0) is 6.54 Å². The Labute approximate surface area is 116 Å². The molecular weight excluding hydrogens is 259 g/mol. The van der Waals surface area contributed by atoms with Gasteiger partial charge in [-0.1, -0.05) is 0 Å². The van der Waals surface area contributed by atoms with Crippen LogP contribution in [0.15, 0.2) is 18.5 Å². The summed E-state index contributed by atoms with van der Waals surface area (Å²) in [6.45, 7) is 2.74. The van der Waals surface area contributed by atoms with Crippen molar-refractivity contribution in [1.82, 2.24) is 14.7 Å². The lowest BCUT2D eigenvalue weighted by molar-refractivity contribution is 0.100. The van der Waals surface area contributed by atoms with Crippen LogP contribution in [0, 0.1) is 5.95 Å². The van der Waals surface area contributed by atoms with Gasteiger partial charge in [0.1, 0.15) is 0 Å². The van der Waals surface area contributed by atoms with Crippen molar-refractivity contribution < 1.29 is 9.18 Å². The van der Waals surface area contributed by atoms with Crippen LogP contribution in [0.2, 0.25) is 0 Å². The Morgan fingerprint density at radius 3 is 2.95 bits per heavy atom. The summed E-state index contributed by atoms with van der Waals surface area (Å²) >= 11 is 0. The molecule has 1 aliphatic carbocycles. The first-order chi connectivity index (χ1) is 9.48. The van der Waals surface area contributed by atoms with E-state index in [1.807, 2.05) is 0 Å². The van der Waals surface area contributed by atoms with E-state index in [1.165, 1.54) is 10.8 Å². The van der Waals surface area contributed by atoms with E-state index in [-0.39, 0.29) is 16.7 Å². The molecule has 0 atom stereocenters. The number of fused-ring (bicyclic) bond motifs is 1. The Balaban J connectivity index is 1.94. The molecule has 0 saturated heterocycles. The third-order valence-electron chi connectivity index (χ3n) is 4.06. The lowest BCUT2D eigenvalue weighted by Crippen LogP contribution is -2.47. The summed E-state index contributed by atoms with van der Waals surface area (Å²) in [5.41, 5.74) is 6.81. The molecule has 3 N–H and O–H groups in total. The second kappa shape index (κ2) is 4.56. The molecule has 0 spiro atoms. The Morgan fingerprint density at radius 2 is 2.35 bits per heavy atom. The average molecular weight is 276 g/mol. The summed E-state index contributed by atoms with van der Waals surface area (Å²) in [6.07, 6.45) is 6.24. The molecule has 1 aliphatic rings. The molecule has 0 bridgehead atoms. The number of carbonyl (C=O) groups excluding carboxylic acids is 1. The summed E-state index contributed by atoms with van der Waals surface area (Å²) in [5, 5.41) is 3.45. The predicted molar refractivity (Wildman–Crippen MR) is 72.8 cm³/mol. The van der Waals surface area contributed by atoms with Gasteiger partial charge in [0.2, 0.25) is 5.95 Å². The minimum absolute atomic E-state index is 0.148. The molecule has 1 saturated carbocycles. The molecule has 6 heteroatoms. The smallest absolute Gasteiger partial charge is 0.252 e. The number of amides is 1. The number of nitrogens with two attached hydrogens (primary N) is 1. The highest BCUT2D eigenvalue weighted by Crippen LogP contribution is 2.31. The molecule has 0 aliphatic heterocycles. The predicted octanol–water partition coefficient (Wildman–Crippen LogP) is 1.60. The highest BCUT2D eigenvalue weighted by molar-refractivity contribution is 5.98. The third-order valence-corrected chi connectivity index (χ3v) is 4.06. The van der Waals surface area contributed by atoms with E-state index in [0.717, 1.165) is 24.6 Å². The zero-order chi connectivity index (χ0) is 14.3. The quantitative estimate of drug-likeness (QED) is 0.891. The number of primary amides is 1. The SMILES string of the molecule is CC1(NCc2cc(C(N)=O)c3ncc(F)n3c2)CCC1. The van der Waals surface area contributed by atoms with Gasteiger partial charge in [0.05, 0.1) is 11.8 Å². The Kier molecular flexibility index (Phi) is 2.97. The van der Waals surface area contributed by atoms with Gasteiger partial charge < -0.3 is 11.1 Å². The maximum Gasteiger partial charge on any atom is 0.252 e. The maximum atomic E-state index is 13.6. The Morgan fingerprint density at radius 1 is 1.60 bits per heavy atom. The first-order valence-corrected chi connectivity index (χ1v) is 6.69. The largest absolute Gasteiger partial charge is 0.365 e. The Hall–Kier alpha value is -1.95. The van der Waals surface area contributed by atoms with Crippen LogP contribution in [0.4, 0.5) is 4.39 Å². The van der Waals surface area contributed by atoms with Crippen molar-refractivity contribution in [1.29, 1.82) is 0 Å². The van der Waals surface area contributed by atoms with Gasteiger partial charge >= 0.3 is 0 Å². The Bertz CT molecular complexity index is 675. The lowest BCUT2D eigenvalue weighted by Gasteiger charge is -2.39. The molecule has 106 valence electrons. The second-order valence-corrected chi connectivity index (χ2v) is 5.67. The number of nitrogens with zero attached hydrogens (tertiary/aromatic N) is 2. The fourth-order valence-electron chi connectivity index (χ4n) is 2.59. The topological polar surface area (TPSA) is 72.4 Å². The van der Waals surface area contributed by atoms with Gasteiger partial charge in [-0.05, 0) is 37.8 Å². The molecule has 1 amide bonds. The molecule has 2 aromatic heterocycles. The lowest BCUT2D eigenvalue weighted by atomic mass is 9.78. The van der Waals surface area contributed by atoms with Gasteiger partial charge in [0, 0.05) is 18.3 Å². The molecular formula is C14H17FN4O. The number of aromatic nitrogens is 2. The van der Waals surface area contributed by atoms with E-state index in [0.29, 0.717) is 6.54 Å². The summed E-state index contributed by atoms with van der Waals surface area (Å²) < 4.78 is 14.9. The number of hydrogen-bond donors (Lipinski definition) is 2. The minimum atomic E-state index is -0.600. The van der Waals surface area contributed by atoms with E-state index < -0.39 is 11.9 Å². The van der Waals surface area contributed by atoms with Crippen LogP contribution in [0.3, 0.4) is 0 Å². The maximum absolute atomic E-state index is 13.6. The van der Waals surface area contributed by atoms with Crippen LogP contribution >= 0.6 is 0 Å². The zero-order valence-corrected chi connectivity index (χ0v) is 11.3. The summed E-state index contributed by atoms with van der Waals surface area (Å²) in [4.78, 5) is 15.4. The van der Waals surface area contributed by atoms with Crippen molar-refractivity contribution in [3.8, 4) is 0 Å². The van der Waals surface area contributed by atoms with E-state index in [4.69, 9.17) is 5.73 Å².